The van der Waals surface area contributed by atoms with Crippen LogP contribution in [0.3, 0.4) is 0 Å². The number of carbonyl (C=O) groups excluding carboxylic acids is 1. The van der Waals surface area contributed by atoms with Crippen LogP contribution in [0.2, 0.25) is 0 Å². The van der Waals surface area contributed by atoms with Crippen LogP contribution in [-0.4, -0.2) is 41.9 Å². The summed E-state index contributed by atoms with van der Waals surface area (Å²) in [5.74, 6) is -0.590. The van der Waals surface area contributed by atoms with Gasteiger partial charge in [-0.05, 0) is 32.6 Å². The number of hydrogen-bond acceptors (Lipinski definition) is 5. The van der Waals surface area contributed by atoms with Gasteiger partial charge in [0.15, 0.2) is 5.82 Å². The van der Waals surface area contributed by atoms with Crippen LogP contribution in [0.5, 0.6) is 0 Å². The van der Waals surface area contributed by atoms with E-state index in [2.05, 4.69) is 25.6 Å². The highest BCUT2D eigenvalue weighted by Crippen LogP contribution is 2.24. The Morgan fingerprint density at radius 2 is 2.12 bits per heavy atom. The smallest absolute Gasteiger partial charge is 0.311 e. The van der Waals surface area contributed by atoms with Crippen molar-refractivity contribution in [2.45, 2.75) is 45.1 Å². The fourth-order valence-corrected chi connectivity index (χ4v) is 3.02. The van der Waals surface area contributed by atoms with Gasteiger partial charge in [-0.2, -0.15) is 10.2 Å². The number of carboxylic acid groups (broad SMARTS) is 1. The summed E-state index contributed by atoms with van der Waals surface area (Å²) in [6, 6.07) is -0.439. The molecule has 0 aliphatic heterocycles. The van der Waals surface area contributed by atoms with Crippen molar-refractivity contribution >= 4 is 11.9 Å². The number of aryl methyl sites for hydroxylation is 2. The van der Waals surface area contributed by atoms with Crippen molar-refractivity contribution in [3.8, 4) is 0 Å². The molecule has 0 bridgehead atoms. The molecule has 0 saturated heterocycles. The van der Waals surface area contributed by atoms with Crippen LogP contribution in [0.25, 0.3) is 0 Å². The van der Waals surface area contributed by atoms with Gasteiger partial charge in [0, 0.05) is 12.6 Å². The van der Waals surface area contributed by atoms with E-state index in [1.54, 1.807) is 18.7 Å². The molecule has 1 aliphatic carbocycles. The second-order valence-corrected chi connectivity index (χ2v) is 6.01. The zero-order chi connectivity index (χ0) is 17.3. The molecule has 9 nitrogen and oxygen atoms in total. The van der Waals surface area contributed by atoms with Gasteiger partial charge >= 0.3 is 5.97 Å². The Morgan fingerprint density at radius 1 is 1.38 bits per heavy atom. The number of aromatic nitrogens is 5. The van der Waals surface area contributed by atoms with Crippen molar-refractivity contribution in [2.75, 3.05) is 0 Å². The van der Waals surface area contributed by atoms with Crippen LogP contribution >= 0.6 is 0 Å². The zero-order valence-corrected chi connectivity index (χ0v) is 13.7. The number of H-pyrrole nitrogens is 1. The topological polar surface area (TPSA) is 126 Å². The quantitative estimate of drug-likeness (QED) is 0.733. The van der Waals surface area contributed by atoms with Gasteiger partial charge < -0.3 is 10.4 Å². The summed E-state index contributed by atoms with van der Waals surface area (Å²) in [4.78, 5) is 27.4. The number of hydrogen-bond donors (Lipinski definition) is 3. The maximum atomic E-state index is 12.6. The molecule has 0 saturated carbocycles. The number of fused-ring (bicyclic) bond motifs is 1. The van der Waals surface area contributed by atoms with E-state index in [-0.39, 0.29) is 18.2 Å². The molecule has 0 fully saturated rings. The monoisotopic (exact) mass is 332 g/mol. The average Bonchev–Trinajstić information content (AvgIpc) is 3.09. The minimum Gasteiger partial charge on any atom is -0.481 e. The van der Waals surface area contributed by atoms with Gasteiger partial charge in [0.25, 0.3) is 5.91 Å². The van der Waals surface area contributed by atoms with E-state index in [4.69, 9.17) is 5.11 Å². The molecule has 1 amide bonds. The van der Waals surface area contributed by atoms with Crippen molar-refractivity contribution < 1.29 is 14.7 Å². The summed E-state index contributed by atoms with van der Waals surface area (Å²) in [5.41, 5.74) is 2.61. The molecule has 1 atom stereocenters. The standard InChI is InChI=1S/C15H20N6O3/c1-8(14-17-11(18-19-14)7-12(22)23)16-15(24)13-9-5-3-4-6-10(9)20-21(13)2/h8H,3-7H2,1-2H3,(H,16,24)(H,22,23)(H,17,18,19). The average molecular weight is 332 g/mol. The second-order valence-electron chi connectivity index (χ2n) is 6.01. The van der Waals surface area contributed by atoms with Crippen molar-refractivity contribution in [3.63, 3.8) is 0 Å². The molecular formula is C15H20N6O3. The predicted molar refractivity (Wildman–Crippen MR) is 83.5 cm³/mol. The van der Waals surface area contributed by atoms with Gasteiger partial charge in [-0.15, -0.1) is 0 Å². The molecule has 0 spiro atoms. The molecule has 2 aromatic rings. The third-order valence-corrected chi connectivity index (χ3v) is 4.14. The molecular weight excluding hydrogens is 312 g/mol. The molecule has 3 rings (SSSR count). The summed E-state index contributed by atoms with van der Waals surface area (Å²) >= 11 is 0. The second kappa shape index (κ2) is 6.42. The van der Waals surface area contributed by atoms with Gasteiger partial charge in [-0.3, -0.25) is 19.4 Å². The lowest BCUT2D eigenvalue weighted by Gasteiger charge is -2.14. The van der Waals surface area contributed by atoms with E-state index < -0.39 is 12.0 Å². The summed E-state index contributed by atoms with van der Waals surface area (Å²) in [6.45, 7) is 1.76. The van der Waals surface area contributed by atoms with Crippen molar-refractivity contribution in [1.82, 2.24) is 30.3 Å². The highest BCUT2D eigenvalue weighted by Gasteiger charge is 2.25. The molecule has 128 valence electrons. The third-order valence-electron chi connectivity index (χ3n) is 4.14. The number of aliphatic carboxylic acids is 1. The summed E-state index contributed by atoms with van der Waals surface area (Å²) in [6.07, 6.45) is 3.71. The summed E-state index contributed by atoms with van der Waals surface area (Å²) in [7, 11) is 1.77. The Bertz CT molecular complexity index is 778. The van der Waals surface area contributed by atoms with E-state index >= 15 is 0 Å². The Labute approximate surface area is 138 Å². The third kappa shape index (κ3) is 3.15. The summed E-state index contributed by atoms with van der Waals surface area (Å²) < 4.78 is 1.63. The molecule has 2 heterocycles. The lowest BCUT2D eigenvalue weighted by Crippen LogP contribution is -2.30. The van der Waals surface area contributed by atoms with E-state index in [0.29, 0.717) is 11.5 Å². The number of rotatable bonds is 5. The molecule has 0 aromatic carbocycles. The SMILES string of the molecule is CC(NC(=O)c1c2c(nn1C)CCCC2)c1n[nH]c(CC(=O)O)n1. The number of amides is 1. The number of aromatic amines is 1. The van der Waals surface area contributed by atoms with Crippen LogP contribution in [0, 0.1) is 0 Å². The fourth-order valence-electron chi connectivity index (χ4n) is 3.02. The van der Waals surface area contributed by atoms with Crippen LogP contribution in [-0.2, 0) is 31.1 Å². The van der Waals surface area contributed by atoms with Crippen LogP contribution in [0.4, 0.5) is 0 Å². The maximum Gasteiger partial charge on any atom is 0.311 e. The Balaban J connectivity index is 1.74. The lowest BCUT2D eigenvalue weighted by molar-refractivity contribution is -0.136. The van der Waals surface area contributed by atoms with Gasteiger partial charge in [-0.1, -0.05) is 0 Å². The first-order valence-electron chi connectivity index (χ1n) is 7.94. The summed E-state index contributed by atoms with van der Waals surface area (Å²) in [5, 5.41) is 22.6. The van der Waals surface area contributed by atoms with Gasteiger partial charge in [0.05, 0.1) is 11.7 Å². The van der Waals surface area contributed by atoms with Crippen molar-refractivity contribution in [1.29, 1.82) is 0 Å². The van der Waals surface area contributed by atoms with Crippen LogP contribution in [0.15, 0.2) is 0 Å². The van der Waals surface area contributed by atoms with E-state index in [9.17, 15) is 9.59 Å². The van der Waals surface area contributed by atoms with Gasteiger partial charge in [0.1, 0.15) is 17.9 Å². The van der Waals surface area contributed by atoms with E-state index in [0.717, 1.165) is 36.9 Å². The minimum atomic E-state index is -0.990. The van der Waals surface area contributed by atoms with Crippen LogP contribution < -0.4 is 5.32 Å². The van der Waals surface area contributed by atoms with Crippen LogP contribution in [0.1, 0.15) is 59.2 Å². The molecule has 1 aliphatic rings. The highest BCUT2D eigenvalue weighted by atomic mass is 16.4. The molecule has 2 aromatic heterocycles. The Kier molecular flexibility index (Phi) is 4.32. The highest BCUT2D eigenvalue weighted by molar-refractivity contribution is 5.94. The van der Waals surface area contributed by atoms with E-state index in [1.807, 2.05) is 0 Å². The molecule has 3 N–H and O–H groups in total. The van der Waals surface area contributed by atoms with E-state index in [1.165, 1.54) is 0 Å². The fraction of sp³-hybridized carbons (Fsp3) is 0.533. The Hall–Kier alpha value is -2.71. The molecule has 24 heavy (non-hydrogen) atoms. The maximum absolute atomic E-state index is 12.6. The van der Waals surface area contributed by atoms with Gasteiger partial charge in [-0.25, -0.2) is 4.98 Å². The first-order valence-corrected chi connectivity index (χ1v) is 7.94. The number of carbonyl (C=O) groups is 2. The first kappa shape index (κ1) is 16.2. The molecule has 1 unspecified atom stereocenters. The molecule has 9 heteroatoms. The van der Waals surface area contributed by atoms with Crippen molar-refractivity contribution in [2.24, 2.45) is 7.05 Å². The lowest BCUT2D eigenvalue weighted by atomic mass is 9.95. The Morgan fingerprint density at radius 3 is 2.88 bits per heavy atom. The predicted octanol–water partition coefficient (Wildman–Crippen LogP) is 0.535. The van der Waals surface area contributed by atoms with Gasteiger partial charge in [0.2, 0.25) is 0 Å². The number of nitrogens with one attached hydrogen (secondary N) is 2. The number of nitrogens with zero attached hydrogens (tertiary/aromatic N) is 4. The normalized spacial score (nSPS) is 14.9. The largest absolute Gasteiger partial charge is 0.481 e. The zero-order valence-electron chi connectivity index (χ0n) is 13.7. The molecule has 0 radical (unpaired) electrons. The minimum absolute atomic E-state index is 0.217. The number of carboxylic acids is 1. The first-order chi connectivity index (χ1) is 11.5. The van der Waals surface area contributed by atoms with Crippen molar-refractivity contribution in [3.05, 3.63) is 28.6 Å².